The van der Waals surface area contributed by atoms with Crippen molar-refractivity contribution in [2.24, 2.45) is 0 Å². The SMILES string of the molecule is CN(C(=O)Cl)c1ccccc1.CN(C(=O)Nc1cccc(-c2nc3ccncc3s2)c1)c1ccccc1.Nc1cccc(-c2nc3ccncc3s2)c1. The summed E-state index contributed by atoms with van der Waals surface area (Å²) in [5.41, 5.74) is 12.8. The number of halogens is 1. The van der Waals surface area contributed by atoms with Gasteiger partial charge in [0.2, 0.25) is 0 Å². The predicted octanol–water partition coefficient (Wildman–Crippen LogP) is 10.4. The highest BCUT2D eigenvalue weighted by Gasteiger charge is 2.12. The first-order chi connectivity index (χ1) is 25.7. The summed E-state index contributed by atoms with van der Waals surface area (Å²) in [6, 6.07) is 37.8. The number of pyridine rings is 2. The average molecular weight is 757 g/mol. The Morgan fingerprint density at radius 3 is 1.66 bits per heavy atom. The van der Waals surface area contributed by atoms with Gasteiger partial charge in [-0.05, 0) is 72.3 Å². The first-order valence-electron chi connectivity index (χ1n) is 16.2. The van der Waals surface area contributed by atoms with Crippen molar-refractivity contribution in [3.63, 3.8) is 0 Å². The summed E-state index contributed by atoms with van der Waals surface area (Å²) in [4.78, 5) is 43.5. The molecule has 0 saturated heterocycles. The van der Waals surface area contributed by atoms with E-state index in [1.807, 2.05) is 134 Å². The largest absolute Gasteiger partial charge is 0.399 e. The number of nitrogen functional groups attached to an aromatic ring is 1. The van der Waals surface area contributed by atoms with Crippen molar-refractivity contribution in [3.8, 4) is 21.1 Å². The molecule has 3 N–H and O–H groups in total. The van der Waals surface area contributed by atoms with Crippen molar-refractivity contribution in [1.82, 2.24) is 19.9 Å². The molecule has 0 fully saturated rings. The molecule has 8 rings (SSSR count). The Morgan fingerprint density at radius 1 is 0.642 bits per heavy atom. The van der Waals surface area contributed by atoms with Gasteiger partial charge in [0.15, 0.2) is 0 Å². The highest BCUT2D eigenvalue weighted by Crippen LogP contribution is 2.32. The van der Waals surface area contributed by atoms with Gasteiger partial charge in [0.25, 0.3) is 0 Å². The minimum atomic E-state index is -0.476. The second-order valence-electron chi connectivity index (χ2n) is 11.4. The number of rotatable bonds is 5. The number of thiazole rings is 2. The molecular weight excluding hydrogens is 724 g/mol. The number of anilines is 4. The van der Waals surface area contributed by atoms with Gasteiger partial charge in [0, 0.05) is 72.8 Å². The van der Waals surface area contributed by atoms with E-state index >= 15 is 0 Å². The van der Waals surface area contributed by atoms with Crippen LogP contribution in [-0.4, -0.2) is 45.4 Å². The highest BCUT2D eigenvalue weighted by atomic mass is 35.5. The molecule has 8 aromatic rings. The van der Waals surface area contributed by atoms with Gasteiger partial charge in [0.05, 0.1) is 20.4 Å². The van der Waals surface area contributed by atoms with Crippen LogP contribution in [0.3, 0.4) is 0 Å². The maximum Gasteiger partial charge on any atom is 0.326 e. The molecule has 4 heterocycles. The molecule has 3 amide bonds. The molecule has 0 spiro atoms. The Balaban J connectivity index is 0.000000151. The zero-order valence-corrected chi connectivity index (χ0v) is 31.0. The number of nitrogens with zero attached hydrogens (tertiary/aromatic N) is 6. The number of nitrogens with two attached hydrogens (primary N) is 1. The molecule has 0 bridgehead atoms. The Hall–Kier alpha value is -6.21. The zero-order chi connectivity index (χ0) is 37.2. The fraction of sp³-hybridized carbons (Fsp3) is 0.0500. The van der Waals surface area contributed by atoms with Gasteiger partial charge >= 0.3 is 11.4 Å². The molecule has 4 aromatic carbocycles. The van der Waals surface area contributed by atoms with E-state index in [4.69, 9.17) is 17.3 Å². The maximum absolute atomic E-state index is 12.5. The van der Waals surface area contributed by atoms with Crippen molar-refractivity contribution in [2.75, 3.05) is 34.9 Å². The quantitative estimate of drug-likeness (QED) is 0.102. The summed E-state index contributed by atoms with van der Waals surface area (Å²) in [5, 5.41) is 4.34. The number of hydrogen-bond donors (Lipinski definition) is 2. The fourth-order valence-corrected chi connectivity index (χ4v) is 6.89. The molecule has 0 saturated carbocycles. The van der Waals surface area contributed by atoms with Crippen LogP contribution in [0.1, 0.15) is 0 Å². The molecule has 0 unspecified atom stereocenters. The number of urea groups is 1. The molecule has 264 valence electrons. The molecule has 53 heavy (non-hydrogen) atoms. The van der Waals surface area contributed by atoms with Crippen LogP contribution in [0.2, 0.25) is 0 Å². The highest BCUT2D eigenvalue weighted by molar-refractivity contribution is 7.22. The van der Waals surface area contributed by atoms with Gasteiger partial charge in [-0.15, -0.1) is 22.7 Å². The van der Waals surface area contributed by atoms with Crippen molar-refractivity contribution in [3.05, 3.63) is 146 Å². The van der Waals surface area contributed by atoms with E-state index in [1.54, 1.807) is 54.1 Å². The van der Waals surface area contributed by atoms with Crippen LogP contribution in [0.25, 0.3) is 41.6 Å². The van der Waals surface area contributed by atoms with E-state index in [9.17, 15) is 9.59 Å². The summed E-state index contributed by atoms with van der Waals surface area (Å²) >= 11 is 8.46. The first-order valence-corrected chi connectivity index (χ1v) is 18.2. The van der Waals surface area contributed by atoms with E-state index in [2.05, 4.69) is 25.3 Å². The van der Waals surface area contributed by atoms with Gasteiger partial charge in [-0.1, -0.05) is 60.7 Å². The molecule has 0 aliphatic carbocycles. The molecule has 4 aromatic heterocycles. The van der Waals surface area contributed by atoms with E-state index < -0.39 is 5.37 Å². The number of aromatic nitrogens is 4. The van der Waals surface area contributed by atoms with Gasteiger partial charge in [-0.2, -0.15) is 0 Å². The molecule has 0 aliphatic heterocycles. The third-order valence-electron chi connectivity index (χ3n) is 7.73. The van der Waals surface area contributed by atoms with Gasteiger partial charge in [0.1, 0.15) is 10.0 Å². The van der Waals surface area contributed by atoms with Crippen LogP contribution in [0.5, 0.6) is 0 Å². The van der Waals surface area contributed by atoms with Crippen LogP contribution in [0.15, 0.2) is 146 Å². The molecule has 0 atom stereocenters. The normalized spacial score (nSPS) is 10.4. The van der Waals surface area contributed by atoms with E-state index in [1.165, 1.54) is 4.90 Å². The van der Waals surface area contributed by atoms with Crippen LogP contribution in [0, 0.1) is 0 Å². The van der Waals surface area contributed by atoms with Crippen molar-refractivity contribution in [1.29, 1.82) is 0 Å². The minimum absolute atomic E-state index is 0.193. The first kappa shape index (κ1) is 36.6. The summed E-state index contributed by atoms with van der Waals surface area (Å²) < 4.78 is 2.14. The molecule has 13 heteroatoms. The van der Waals surface area contributed by atoms with Crippen LogP contribution < -0.4 is 20.9 Å². The standard InChI is InChI=1S/C20H16N4OS.C12H9N3S.C8H8ClNO/c1-24(16-8-3-2-4-9-16)20(25)22-15-7-5-6-14(12-15)19-23-17-10-11-21-13-18(17)26-19;13-9-3-1-2-8(6-9)12-15-10-4-5-14-7-11(10)16-12;1-10(8(9)11)7-5-3-2-4-6-7/h2-13H,1H3,(H,22,25);1-7H,13H2;2-6H,1H3. The predicted molar refractivity (Wildman–Crippen MR) is 220 cm³/mol. The summed E-state index contributed by atoms with van der Waals surface area (Å²) in [6.07, 6.45) is 7.15. The van der Waals surface area contributed by atoms with Crippen LogP contribution in [-0.2, 0) is 0 Å². The van der Waals surface area contributed by atoms with Gasteiger partial charge in [-0.3, -0.25) is 19.7 Å². The lowest BCUT2D eigenvalue weighted by atomic mass is 10.2. The third kappa shape index (κ3) is 9.57. The monoisotopic (exact) mass is 756 g/mol. The second-order valence-corrected chi connectivity index (χ2v) is 13.8. The van der Waals surface area contributed by atoms with Crippen LogP contribution in [0.4, 0.5) is 32.3 Å². The average Bonchev–Trinajstić information content (AvgIpc) is 3.84. The Bertz CT molecular complexity index is 2390. The number of para-hydroxylation sites is 2. The van der Waals surface area contributed by atoms with Crippen molar-refractivity contribution < 1.29 is 9.59 Å². The van der Waals surface area contributed by atoms with Crippen molar-refractivity contribution in [2.45, 2.75) is 0 Å². The van der Waals surface area contributed by atoms with E-state index in [0.29, 0.717) is 0 Å². The van der Waals surface area contributed by atoms with E-state index in [0.717, 1.165) is 64.3 Å². The topological polar surface area (TPSA) is 130 Å². The van der Waals surface area contributed by atoms with E-state index in [-0.39, 0.29) is 6.03 Å². The Kier molecular flexibility index (Phi) is 12.0. The van der Waals surface area contributed by atoms with Crippen molar-refractivity contribution >= 4 is 88.9 Å². The molecule has 0 aliphatic rings. The minimum Gasteiger partial charge on any atom is -0.399 e. The Labute approximate surface area is 319 Å². The number of hydrogen-bond acceptors (Lipinski definition) is 9. The molecule has 0 radical (unpaired) electrons. The number of fused-ring (bicyclic) bond motifs is 2. The number of nitrogens with one attached hydrogen (secondary N) is 1. The van der Waals surface area contributed by atoms with Gasteiger partial charge < -0.3 is 16.0 Å². The summed E-state index contributed by atoms with van der Waals surface area (Å²) in [7, 11) is 3.37. The second kappa shape index (κ2) is 17.3. The number of amides is 3. The molecule has 10 nitrogen and oxygen atoms in total. The lowest BCUT2D eigenvalue weighted by Gasteiger charge is -2.18. The molecular formula is C40H33ClN8O2S2. The van der Waals surface area contributed by atoms with Gasteiger partial charge in [-0.25, -0.2) is 14.8 Å². The third-order valence-corrected chi connectivity index (χ3v) is 10.1. The summed E-state index contributed by atoms with van der Waals surface area (Å²) in [6.45, 7) is 0. The lowest BCUT2D eigenvalue weighted by molar-refractivity contribution is 0.258. The van der Waals surface area contributed by atoms with Crippen LogP contribution >= 0.6 is 34.3 Å². The number of carbonyl (C=O) groups is 2. The maximum atomic E-state index is 12.5. The fourth-order valence-electron chi connectivity index (χ4n) is 4.94. The Morgan fingerprint density at radius 2 is 1.15 bits per heavy atom. The lowest BCUT2D eigenvalue weighted by Crippen LogP contribution is -2.31. The number of carbonyl (C=O) groups excluding carboxylic acids is 2. The smallest absolute Gasteiger partial charge is 0.326 e. The summed E-state index contributed by atoms with van der Waals surface area (Å²) in [5.74, 6) is 0. The number of benzene rings is 4. The zero-order valence-electron chi connectivity index (χ0n) is 28.6.